The van der Waals surface area contributed by atoms with E-state index in [1.54, 1.807) is 19.4 Å². The molecule has 0 aliphatic heterocycles. The third kappa shape index (κ3) is 3.57. The van der Waals surface area contributed by atoms with Gasteiger partial charge >= 0.3 is 0 Å². The molecule has 0 saturated carbocycles. The maximum Gasteiger partial charge on any atom is 0.160 e. The number of hydrogen-bond donors (Lipinski definition) is 2. The van der Waals surface area contributed by atoms with Gasteiger partial charge < -0.3 is 15.2 Å². The molecule has 2 aromatic rings. The summed E-state index contributed by atoms with van der Waals surface area (Å²) in [6.45, 7) is 4.82. The molecule has 0 unspecified atom stereocenters. The third-order valence-corrected chi connectivity index (χ3v) is 2.88. The summed E-state index contributed by atoms with van der Waals surface area (Å²) in [5.41, 5.74) is 1.03. The van der Waals surface area contributed by atoms with Crippen molar-refractivity contribution in [1.82, 2.24) is 9.78 Å². The van der Waals surface area contributed by atoms with Crippen LogP contribution >= 0.6 is 12.4 Å². The second kappa shape index (κ2) is 7.05. The second-order valence-electron chi connectivity index (χ2n) is 4.61. The summed E-state index contributed by atoms with van der Waals surface area (Å²) in [5, 5.41) is 17.1. The fourth-order valence-electron chi connectivity index (χ4n) is 1.89. The van der Waals surface area contributed by atoms with Gasteiger partial charge in [-0.2, -0.15) is 5.10 Å². The zero-order chi connectivity index (χ0) is 13.8. The Labute approximate surface area is 125 Å². The Hall–Kier alpha value is -1.88. The van der Waals surface area contributed by atoms with E-state index in [0.29, 0.717) is 18.3 Å². The van der Waals surface area contributed by atoms with E-state index in [2.05, 4.69) is 24.3 Å². The van der Waals surface area contributed by atoms with Gasteiger partial charge in [0.15, 0.2) is 11.5 Å². The largest absolute Gasteiger partial charge is 0.504 e. The fraction of sp³-hybridized carbons (Fsp3) is 0.357. The molecule has 0 radical (unpaired) electrons. The van der Waals surface area contributed by atoms with Gasteiger partial charge in [0, 0.05) is 18.7 Å². The Bertz CT molecular complexity index is 555. The molecular formula is C14H20ClN3O2. The first-order chi connectivity index (χ1) is 9.11. The van der Waals surface area contributed by atoms with Gasteiger partial charge in [-0.05, 0) is 31.5 Å². The Morgan fingerprint density at radius 2 is 2.10 bits per heavy atom. The summed E-state index contributed by atoms with van der Waals surface area (Å²) in [4.78, 5) is 0. The topological polar surface area (TPSA) is 59.3 Å². The molecule has 0 bridgehead atoms. The number of rotatable bonds is 5. The molecule has 6 heteroatoms. The second-order valence-corrected chi connectivity index (χ2v) is 4.61. The van der Waals surface area contributed by atoms with Crippen LogP contribution in [0.1, 0.15) is 25.5 Å². The molecular weight excluding hydrogens is 278 g/mol. The first-order valence-electron chi connectivity index (χ1n) is 6.25. The van der Waals surface area contributed by atoms with Gasteiger partial charge in [-0.3, -0.25) is 0 Å². The van der Waals surface area contributed by atoms with Crippen LogP contribution in [0.3, 0.4) is 0 Å². The number of nitrogens with one attached hydrogen (secondary N) is 1. The molecule has 1 aromatic carbocycles. The van der Waals surface area contributed by atoms with Gasteiger partial charge in [-0.1, -0.05) is 6.07 Å². The third-order valence-electron chi connectivity index (χ3n) is 2.88. The van der Waals surface area contributed by atoms with Crippen molar-refractivity contribution in [3.8, 4) is 11.5 Å². The van der Waals surface area contributed by atoms with E-state index in [1.807, 2.05) is 22.9 Å². The fourth-order valence-corrected chi connectivity index (χ4v) is 1.89. The number of ether oxygens (including phenoxy) is 1. The van der Waals surface area contributed by atoms with Gasteiger partial charge in [-0.25, -0.2) is 4.68 Å². The van der Waals surface area contributed by atoms with Crippen LogP contribution in [0.2, 0.25) is 0 Å². The van der Waals surface area contributed by atoms with E-state index in [9.17, 15) is 5.11 Å². The lowest BCUT2D eigenvalue weighted by molar-refractivity contribution is 0.373. The SMILES string of the molecule is COc1cc(CNc2ccnn2C(C)C)ccc1O.Cl. The number of phenols is 1. The number of hydrogen-bond acceptors (Lipinski definition) is 4. The van der Waals surface area contributed by atoms with Gasteiger partial charge in [0.1, 0.15) is 5.82 Å². The molecule has 0 amide bonds. The van der Waals surface area contributed by atoms with Crippen molar-refractivity contribution >= 4 is 18.2 Å². The van der Waals surface area contributed by atoms with Crippen molar-refractivity contribution in [2.24, 2.45) is 0 Å². The Kier molecular flexibility index (Phi) is 5.70. The van der Waals surface area contributed by atoms with Gasteiger partial charge in [0.05, 0.1) is 13.3 Å². The van der Waals surface area contributed by atoms with E-state index in [0.717, 1.165) is 11.4 Å². The highest BCUT2D eigenvalue weighted by Crippen LogP contribution is 2.26. The van der Waals surface area contributed by atoms with Crippen molar-refractivity contribution in [3.63, 3.8) is 0 Å². The zero-order valence-electron chi connectivity index (χ0n) is 11.8. The molecule has 20 heavy (non-hydrogen) atoms. The maximum absolute atomic E-state index is 9.54. The standard InChI is InChI=1S/C14H19N3O2.ClH/c1-10(2)17-14(6-7-16-17)15-9-11-4-5-12(18)13(8-11)19-3;/h4-8,10,15,18H,9H2,1-3H3;1H. The summed E-state index contributed by atoms with van der Waals surface area (Å²) in [5.74, 6) is 1.61. The normalized spacial score (nSPS) is 10.2. The van der Waals surface area contributed by atoms with E-state index < -0.39 is 0 Å². The van der Waals surface area contributed by atoms with Crippen LogP contribution in [-0.2, 0) is 6.54 Å². The van der Waals surface area contributed by atoms with E-state index >= 15 is 0 Å². The highest BCUT2D eigenvalue weighted by atomic mass is 35.5. The van der Waals surface area contributed by atoms with E-state index in [-0.39, 0.29) is 18.2 Å². The first kappa shape index (κ1) is 16.2. The highest BCUT2D eigenvalue weighted by Gasteiger charge is 2.06. The molecule has 0 atom stereocenters. The molecule has 0 aliphatic carbocycles. The van der Waals surface area contributed by atoms with Crippen LogP contribution in [0, 0.1) is 0 Å². The molecule has 1 heterocycles. The smallest absolute Gasteiger partial charge is 0.160 e. The zero-order valence-corrected chi connectivity index (χ0v) is 12.6. The molecule has 110 valence electrons. The van der Waals surface area contributed by atoms with Crippen molar-refractivity contribution in [2.75, 3.05) is 12.4 Å². The van der Waals surface area contributed by atoms with Crippen LogP contribution in [0.5, 0.6) is 11.5 Å². The Balaban J connectivity index is 0.00000200. The molecule has 2 rings (SSSR count). The van der Waals surface area contributed by atoms with Gasteiger partial charge in [-0.15, -0.1) is 12.4 Å². The van der Waals surface area contributed by atoms with Gasteiger partial charge in [0.25, 0.3) is 0 Å². The van der Waals surface area contributed by atoms with Crippen LogP contribution in [0.25, 0.3) is 0 Å². The Morgan fingerprint density at radius 3 is 2.75 bits per heavy atom. The van der Waals surface area contributed by atoms with Gasteiger partial charge in [0.2, 0.25) is 0 Å². The van der Waals surface area contributed by atoms with Crippen LogP contribution < -0.4 is 10.1 Å². The van der Waals surface area contributed by atoms with Crippen LogP contribution in [0.15, 0.2) is 30.5 Å². The quantitative estimate of drug-likeness (QED) is 0.889. The Morgan fingerprint density at radius 1 is 1.35 bits per heavy atom. The summed E-state index contributed by atoms with van der Waals surface area (Å²) >= 11 is 0. The average molecular weight is 298 g/mol. The predicted molar refractivity (Wildman–Crippen MR) is 81.8 cm³/mol. The summed E-state index contributed by atoms with van der Waals surface area (Å²) in [6.07, 6.45) is 1.78. The van der Waals surface area contributed by atoms with Crippen molar-refractivity contribution < 1.29 is 9.84 Å². The lowest BCUT2D eigenvalue weighted by Crippen LogP contribution is -2.09. The number of anilines is 1. The van der Waals surface area contributed by atoms with E-state index in [4.69, 9.17) is 4.74 Å². The number of aromatic nitrogens is 2. The van der Waals surface area contributed by atoms with Crippen LogP contribution in [-0.4, -0.2) is 22.0 Å². The highest BCUT2D eigenvalue weighted by molar-refractivity contribution is 5.85. The summed E-state index contributed by atoms with van der Waals surface area (Å²) in [6, 6.07) is 7.57. The molecule has 0 spiro atoms. The lowest BCUT2D eigenvalue weighted by Gasteiger charge is -2.13. The van der Waals surface area contributed by atoms with Crippen molar-refractivity contribution in [3.05, 3.63) is 36.0 Å². The summed E-state index contributed by atoms with van der Waals surface area (Å²) < 4.78 is 7.02. The number of nitrogens with zero attached hydrogens (tertiary/aromatic N) is 2. The number of phenolic OH excluding ortho intramolecular Hbond substituents is 1. The van der Waals surface area contributed by atoms with Crippen molar-refractivity contribution in [1.29, 1.82) is 0 Å². The monoisotopic (exact) mass is 297 g/mol. The molecule has 1 aromatic heterocycles. The number of halogens is 1. The molecule has 0 saturated heterocycles. The van der Waals surface area contributed by atoms with E-state index in [1.165, 1.54) is 0 Å². The minimum absolute atomic E-state index is 0. The lowest BCUT2D eigenvalue weighted by atomic mass is 10.2. The molecule has 0 aliphatic rings. The predicted octanol–water partition coefficient (Wildman–Crippen LogP) is 3.21. The molecule has 0 fully saturated rings. The minimum Gasteiger partial charge on any atom is -0.504 e. The number of methoxy groups -OCH3 is 1. The average Bonchev–Trinajstić information content (AvgIpc) is 2.86. The van der Waals surface area contributed by atoms with Crippen LogP contribution in [0.4, 0.5) is 5.82 Å². The molecule has 5 nitrogen and oxygen atoms in total. The molecule has 2 N–H and O–H groups in total. The summed E-state index contributed by atoms with van der Waals surface area (Å²) in [7, 11) is 1.54. The maximum atomic E-state index is 9.54. The van der Waals surface area contributed by atoms with Crippen molar-refractivity contribution in [2.45, 2.75) is 26.4 Å². The first-order valence-corrected chi connectivity index (χ1v) is 6.25. The number of benzene rings is 1. The minimum atomic E-state index is 0. The number of aromatic hydroxyl groups is 1.